The number of benzene rings is 1. The summed E-state index contributed by atoms with van der Waals surface area (Å²) in [5.41, 5.74) is 2.27. The lowest BCUT2D eigenvalue weighted by molar-refractivity contribution is 0.0599. The Balaban J connectivity index is 2.70. The van der Waals surface area contributed by atoms with Crippen LogP contribution in [0.15, 0.2) is 16.6 Å². The number of rotatable bonds is 11. The third-order valence-corrected chi connectivity index (χ3v) is 5.77. The van der Waals surface area contributed by atoms with Crippen molar-refractivity contribution in [1.82, 2.24) is 4.98 Å². The van der Waals surface area contributed by atoms with Gasteiger partial charge in [0.2, 0.25) is 0 Å². The van der Waals surface area contributed by atoms with Crippen molar-refractivity contribution in [1.29, 1.82) is 0 Å². The first kappa shape index (κ1) is 26.6. The average Bonchev–Trinajstić information content (AvgIpc) is 2.78. The van der Waals surface area contributed by atoms with Gasteiger partial charge in [0.05, 0.1) is 54.4 Å². The molecule has 180 valence electrons. The van der Waals surface area contributed by atoms with Crippen LogP contribution in [0.5, 0.6) is 11.5 Å². The minimum Gasteiger partial charge on any atom is -0.490 e. The topological polar surface area (TPSA) is 84.0 Å². The molecule has 2 rings (SSSR count). The van der Waals surface area contributed by atoms with Gasteiger partial charge in [-0.15, -0.1) is 0 Å². The number of methoxy groups -OCH3 is 2. The van der Waals surface area contributed by atoms with Crippen LogP contribution >= 0.6 is 15.9 Å². The van der Waals surface area contributed by atoms with Gasteiger partial charge in [-0.2, -0.15) is 0 Å². The van der Waals surface area contributed by atoms with E-state index in [1.807, 2.05) is 6.92 Å². The molecule has 7 nitrogen and oxygen atoms in total. The van der Waals surface area contributed by atoms with Crippen molar-refractivity contribution in [2.75, 3.05) is 27.4 Å². The van der Waals surface area contributed by atoms with Crippen molar-refractivity contribution in [2.45, 2.75) is 53.4 Å². The van der Waals surface area contributed by atoms with E-state index in [1.54, 1.807) is 26.0 Å². The highest BCUT2D eigenvalue weighted by Gasteiger charge is 2.28. The molecule has 0 atom stereocenters. The Morgan fingerprint density at radius 2 is 1.52 bits per heavy atom. The van der Waals surface area contributed by atoms with Gasteiger partial charge in [0.25, 0.3) is 0 Å². The minimum atomic E-state index is -0.592. The molecule has 2 aromatic rings. The van der Waals surface area contributed by atoms with Gasteiger partial charge in [-0.05, 0) is 60.8 Å². The fourth-order valence-electron chi connectivity index (χ4n) is 3.66. The number of aromatic nitrogens is 1. The smallest absolute Gasteiger partial charge is 0.340 e. The molecule has 0 amide bonds. The summed E-state index contributed by atoms with van der Waals surface area (Å²) in [5, 5.41) is 0. The Morgan fingerprint density at radius 1 is 0.909 bits per heavy atom. The SMILES string of the molecule is CCCCCCOc1c(Br)cc(-c2c(C(=O)OC)c(C)nc(C)c2C(=O)OC)cc1OCC. The van der Waals surface area contributed by atoms with Crippen LogP contribution in [0.25, 0.3) is 11.1 Å². The molecule has 1 heterocycles. The summed E-state index contributed by atoms with van der Waals surface area (Å²) in [6, 6.07) is 3.57. The number of aryl methyl sites for hydroxylation is 2. The van der Waals surface area contributed by atoms with Crippen LogP contribution in [-0.2, 0) is 9.47 Å². The van der Waals surface area contributed by atoms with Crippen LogP contribution in [0.1, 0.15) is 71.6 Å². The van der Waals surface area contributed by atoms with Crippen LogP contribution in [-0.4, -0.2) is 44.4 Å². The number of halogens is 1. The third kappa shape index (κ3) is 6.25. The summed E-state index contributed by atoms with van der Waals surface area (Å²) >= 11 is 3.59. The molecule has 0 bridgehead atoms. The number of nitrogens with zero attached hydrogens (tertiary/aromatic N) is 1. The molecular formula is C25H32BrNO6. The zero-order chi connectivity index (χ0) is 24.5. The van der Waals surface area contributed by atoms with E-state index in [2.05, 4.69) is 27.8 Å². The van der Waals surface area contributed by atoms with Crippen molar-refractivity contribution in [3.05, 3.63) is 39.1 Å². The van der Waals surface area contributed by atoms with Crippen LogP contribution in [0.3, 0.4) is 0 Å². The zero-order valence-corrected chi connectivity index (χ0v) is 21.8. The van der Waals surface area contributed by atoms with Crippen LogP contribution < -0.4 is 9.47 Å². The van der Waals surface area contributed by atoms with Gasteiger partial charge in [0, 0.05) is 5.56 Å². The predicted molar refractivity (Wildman–Crippen MR) is 130 cm³/mol. The average molecular weight is 522 g/mol. The highest BCUT2D eigenvalue weighted by atomic mass is 79.9. The Bertz CT molecular complexity index is 965. The number of unbranched alkanes of at least 4 members (excludes halogenated alkanes) is 3. The minimum absolute atomic E-state index is 0.200. The second-order valence-electron chi connectivity index (χ2n) is 7.52. The molecule has 0 saturated heterocycles. The van der Waals surface area contributed by atoms with Crippen LogP contribution in [0.2, 0.25) is 0 Å². The van der Waals surface area contributed by atoms with Gasteiger partial charge in [0.1, 0.15) is 0 Å². The molecule has 0 radical (unpaired) electrons. The number of carbonyl (C=O) groups is 2. The van der Waals surface area contributed by atoms with E-state index in [9.17, 15) is 9.59 Å². The van der Waals surface area contributed by atoms with E-state index in [0.29, 0.717) is 51.7 Å². The normalized spacial score (nSPS) is 10.6. The first-order chi connectivity index (χ1) is 15.8. The number of hydrogen-bond acceptors (Lipinski definition) is 7. The monoisotopic (exact) mass is 521 g/mol. The maximum Gasteiger partial charge on any atom is 0.340 e. The van der Waals surface area contributed by atoms with E-state index >= 15 is 0 Å². The number of pyridine rings is 1. The molecule has 0 aliphatic rings. The van der Waals surface area contributed by atoms with Crippen molar-refractivity contribution in [2.24, 2.45) is 0 Å². The molecule has 0 fully saturated rings. The standard InChI is InChI=1S/C25H32BrNO6/c1-7-9-10-11-12-33-23-18(26)13-17(14-19(23)32-8-2)22-20(24(28)30-5)15(3)27-16(4)21(22)25(29)31-6/h13-14H,7-12H2,1-6H3. The second kappa shape index (κ2) is 12.6. The highest BCUT2D eigenvalue weighted by molar-refractivity contribution is 9.10. The van der Waals surface area contributed by atoms with Crippen molar-refractivity contribution < 1.29 is 28.5 Å². The lowest BCUT2D eigenvalue weighted by Crippen LogP contribution is -2.16. The Morgan fingerprint density at radius 3 is 2.03 bits per heavy atom. The van der Waals surface area contributed by atoms with Gasteiger partial charge < -0.3 is 18.9 Å². The van der Waals surface area contributed by atoms with Gasteiger partial charge in [-0.25, -0.2) is 9.59 Å². The first-order valence-corrected chi connectivity index (χ1v) is 11.9. The lowest BCUT2D eigenvalue weighted by atomic mass is 9.92. The molecule has 0 saturated carbocycles. The van der Waals surface area contributed by atoms with E-state index in [0.717, 1.165) is 25.7 Å². The fourth-order valence-corrected chi connectivity index (χ4v) is 4.22. The van der Waals surface area contributed by atoms with Crippen molar-refractivity contribution in [3.8, 4) is 22.6 Å². The molecular weight excluding hydrogens is 490 g/mol. The largest absolute Gasteiger partial charge is 0.490 e. The number of carbonyl (C=O) groups excluding carboxylic acids is 2. The van der Waals surface area contributed by atoms with Gasteiger partial charge in [-0.1, -0.05) is 26.2 Å². The van der Waals surface area contributed by atoms with E-state index in [4.69, 9.17) is 18.9 Å². The van der Waals surface area contributed by atoms with Gasteiger partial charge >= 0.3 is 11.9 Å². The number of ether oxygens (including phenoxy) is 4. The Kier molecular flexibility index (Phi) is 10.2. The predicted octanol–water partition coefficient (Wildman–Crippen LogP) is 6.06. The van der Waals surface area contributed by atoms with Crippen molar-refractivity contribution in [3.63, 3.8) is 0 Å². The summed E-state index contributed by atoms with van der Waals surface area (Å²) in [5.74, 6) is -0.0917. The molecule has 0 aliphatic heterocycles. The van der Waals surface area contributed by atoms with E-state index < -0.39 is 11.9 Å². The first-order valence-electron chi connectivity index (χ1n) is 11.1. The lowest BCUT2D eigenvalue weighted by Gasteiger charge is -2.20. The molecule has 0 aliphatic carbocycles. The van der Waals surface area contributed by atoms with Gasteiger partial charge in [0.15, 0.2) is 11.5 Å². The van der Waals surface area contributed by atoms with Crippen molar-refractivity contribution >= 4 is 27.9 Å². The summed E-state index contributed by atoms with van der Waals surface area (Å²) in [7, 11) is 2.58. The molecule has 0 unspecified atom stereocenters. The maximum absolute atomic E-state index is 12.7. The fraction of sp³-hybridized carbons (Fsp3) is 0.480. The maximum atomic E-state index is 12.7. The second-order valence-corrected chi connectivity index (χ2v) is 8.37. The van der Waals surface area contributed by atoms with Crippen LogP contribution in [0.4, 0.5) is 0 Å². The quantitative estimate of drug-likeness (QED) is 0.262. The van der Waals surface area contributed by atoms with E-state index in [-0.39, 0.29) is 11.1 Å². The Labute approximate surface area is 203 Å². The number of esters is 2. The third-order valence-electron chi connectivity index (χ3n) is 5.18. The number of hydrogen-bond donors (Lipinski definition) is 0. The van der Waals surface area contributed by atoms with Gasteiger partial charge in [-0.3, -0.25) is 4.98 Å². The molecule has 33 heavy (non-hydrogen) atoms. The van der Waals surface area contributed by atoms with Crippen LogP contribution in [0, 0.1) is 13.8 Å². The molecule has 1 aromatic heterocycles. The molecule has 0 N–H and O–H groups in total. The summed E-state index contributed by atoms with van der Waals surface area (Å²) < 4.78 is 22.6. The zero-order valence-electron chi connectivity index (χ0n) is 20.2. The molecule has 0 spiro atoms. The summed E-state index contributed by atoms with van der Waals surface area (Å²) in [6.07, 6.45) is 4.35. The summed E-state index contributed by atoms with van der Waals surface area (Å²) in [4.78, 5) is 29.8. The Hall–Kier alpha value is -2.61. The summed E-state index contributed by atoms with van der Waals surface area (Å²) in [6.45, 7) is 8.44. The molecule has 1 aromatic carbocycles. The van der Waals surface area contributed by atoms with E-state index in [1.165, 1.54) is 14.2 Å². The molecule has 8 heteroatoms. The highest BCUT2D eigenvalue weighted by Crippen LogP contribution is 2.42.